The van der Waals surface area contributed by atoms with Crippen LogP contribution in [0.25, 0.3) is 0 Å². The second-order valence-corrected chi connectivity index (χ2v) is 10.9. The van der Waals surface area contributed by atoms with E-state index in [2.05, 4.69) is 9.97 Å². The Morgan fingerprint density at radius 3 is 2.38 bits per heavy atom. The van der Waals surface area contributed by atoms with Crippen LogP contribution in [-0.2, 0) is 19.6 Å². The van der Waals surface area contributed by atoms with E-state index < -0.39 is 21.6 Å². The number of aliphatic hydroxyl groups is 1. The molecule has 34 heavy (non-hydrogen) atoms. The zero-order valence-electron chi connectivity index (χ0n) is 19.8. The summed E-state index contributed by atoms with van der Waals surface area (Å²) < 4.78 is 33.0. The van der Waals surface area contributed by atoms with Crippen LogP contribution in [0.3, 0.4) is 0 Å². The SMILES string of the molecule is CCCC1(CCC)OC(=O)C(C(c2cccc(N(C)S(=O)(=O)c3ncccn3)c2)C2CC2)=C1O. The molecule has 0 radical (unpaired) electrons. The number of benzene rings is 1. The van der Waals surface area contributed by atoms with Gasteiger partial charge in [-0.05, 0) is 55.4 Å². The van der Waals surface area contributed by atoms with Crippen LogP contribution in [-0.4, -0.2) is 42.1 Å². The standard InChI is InChI=1S/C25H31N3O5S/c1-4-12-25(13-5-2)22(29)21(23(30)33-25)20(17-10-11-17)18-8-6-9-19(16-18)28(3)34(31,32)24-26-14-7-15-27-24/h6-9,14-17,20,29H,4-5,10-13H2,1-3H3. The molecule has 0 saturated heterocycles. The Morgan fingerprint density at radius 1 is 1.15 bits per heavy atom. The van der Waals surface area contributed by atoms with Crippen molar-refractivity contribution >= 4 is 21.7 Å². The highest BCUT2D eigenvalue weighted by Crippen LogP contribution is 2.52. The third-order valence-corrected chi connectivity index (χ3v) is 8.24. The molecule has 9 heteroatoms. The van der Waals surface area contributed by atoms with Crippen molar-refractivity contribution < 1.29 is 23.1 Å². The summed E-state index contributed by atoms with van der Waals surface area (Å²) in [5.41, 5.74) is 0.554. The van der Waals surface area contributed by atoms with Crippen molar-refractivity contribution in [3.63, 3.8) is 0 Å². The van der Waals surface area contributed by atoms with Crippen molar-refractivity contribution in [2.24, 2.45) is 5.92 Å². The van der Waals surface area contributed by atoms with Crippen LogP contribution in [0.15, 0.2) is 59.2 Å². The number of hydrogen-bond acceptors (Lipinski definition) is 7. The monoisotopic (exact) mass is 485 g/mol. The van der Waals surface area contributed by atoms with Gasteiger partial charge in [-0.3, -0.25) is 4.31 Å². The number of carbonyl (C=O) groups is 1. The lowest BCUT2D eigenvalue weighted by atomic mass is 9.82. The molecule has 8 nitrogen and oxygen atoms in total. The van der Waals surface area contributed by atoms with Gasteiger partial charge in [-0.2, -0.15) is 8.42 Å². The molecular weight excluding hydrogens is 454 g/mol. The van der Waals surface area contributed by atoms with Gasteiger partial charge >= 0.3 is 5.97 Å². The third kappa shape index (κ3) is 4.29. The number of sulfonamides is 1. The lowest BCUT2D eigenvalue weighted by molar-refractivity contribution is -0.149. The normalized spacial score (nSPS) is 18.6. The summed E-state index contributed by atoms with van der Waals surface area (Å²) in [4.78, 5) is 20.9. The minimum absolute atomic E-state index is 0.0437. The maximum absolute atomic E-state index is 13.1. The van der Waals surface area contributed by atoms with Gasteiger partial charge in [0.2, 0.25) is 0 Å². The molecule has 4 rings (SSSR count). The fraction of sp³-hybridized carbons (Fsp3) is 0.480. The fourth-order valence-corrected chi connectivity index (χ4v) is 5.89. The molecule has 0 bridgehead atoms. The van der Waals surface area contributed by atoms with Crippen LogP contribution in [0.1, 0.15) is 63.9 Å². The lowest BCUT2D eigenvalue weighted by Crippen LogP contribution is -2.31. The number of carbonyl (C=O) groups excluding carboxylic acids is 1. The summed E-state index contributed by atoms with van der Waals surface area (Å²) in [6, 6.07) is 8.64. The number of aromatic nitrogens is 2. The van der Waals surface area contributed by atoms with Crippen molar-refractivity contribution in [1.29, 1.82) is 0 Å². The summed E-state index contributed by atoms with van der Waals surface area (Å²) in [5, 5.41) is 11.0. The van der Waals surface area contributed by atoms with Gasteiger partial charge in [-0.1, -0.05) is 38.8 Å². The van der Waals surface area contributed by atoms with E-state index in [1.807, 2.05) is 19.9 Å². The van der Waals surface area contributed by atoms with Gasteiger partial charge in [0.05, 0.1) is 11.3 Å². The molecule has 1 saturated carbocycles. The smallest absolute Gasteiger partial charge is 0.339 e. The predicted molar refractivity (Wildman–Crippen MR) is 128 cm³/mol. The van der Waals surface area contributed by atoms with E-state index in [1.165, 1.54) is 19.4 Å². The molecular formula is C25H31N3O5S. The van der Waals surface area contributed by atoms with Crippen LogP contribution in [0.5, 0.6) is 0 Å². The Hall–Kier alpha value is -2.94. The van der Waals surface area contributed by atoms with Gasteiger partial charge < -0.3 is 9.84 Å². The van der Waals surface area contributed by atoms with Gasteiger partial charge in [-0.25, -0.2) is 14.8 Å². The van der Waals surface area contributed by atoms with Crippen molar-refractivity contribution in [1.82, 2.24) is 9.97 Å². The van der Waals surface area contributed by atoms with E-state index in [9.17, 15) is 18.3 Å². The molecule has 2 aliphatic rings. The van der Waals surface area contributed by atoms with Gasteiger partial charge in [0.25, 0.3) is 15.2 Å². The zero-order valence-corrected chi connectivity index (χ0v) is 20.6. The first kappa shape index (κ1) is 24.2. The average molecular weight is 486 g/mol. The molecule has 1 aromatic heterocycles. The molecule has 2 heterocycles. The van der Waals surface area contributed by atoms with Gasteiger partial charge in [0.15, 0.2) is 5.60 Å². The first-order chi connectivity index (χ1) is 16.2. The number of ether oxygens (including phenoxy) is 1. The first-order valence-corrected chi connectivity index (χ1v) is 13.2. The number of nitrogens with zero attached hydrogens (tertiary/aromatic N) is 3. The first-order valence-electron chi connectivity index (χ1n) is 11.8. The Morgan fingerprint density at radius 2 is 1.79 bits per heavy atom. The highest BCUT2D eigenvalue weighted by atomic mass is 32.2. The van der Waals surface area contributed by atoms with Gasteiger partial charge in [0.1, 0.15) is 5.76 Å². The molecule has 1 aliphatic heterocycles. The topological polar surface area (TPSA) is 110 Å². The summed E-state index contributed by atoms with van der Waals surface area (Å²) in [7, 11) is -2.51. The Balaban J connectivity index is 1.74. The second kappa shape index (κ2) is 9.37. The van der Waals surface area contributed by atoms with Crippen LogP contribution in [0.4, 0.5) is 5.69 Å². The number of rotatable bonds is 10. The second-order valence-electron chi connectivity index (χ2n) is 9.06. The van der Waals surface area contributed by atoms with Crippen LogP contribution < -0.4 is 4.31 Å². The molecule has 2 aromatic rings. The summed E-state index contributed by atoms with van der Waals surface area (Å²) >= 11 is 0. The van der Waals surface area contributed by atoms with Crippen molar-refractivity contribution in [3.8, 4) is 0 Å². The third-order valence-electron chi connectivity index (χ3n) is 6.63. The molecule has 1 fully saturated rings. The Kier molecular flexibility index (Phi) is 6.66. The molecule has 0 amide bonds. The van der Waals surface area contributed by atoms with E-state index >= 15 is 0 Å². The summed E-state index contributed by atoms with van der Waals surface area (Å²) in [6.45, 7) is 4.01. The predicted octanol–water partition coefficient (Wildman–Crippen LogP) is 4.50. The quantitative estimate of drug-likeness (QED) is 0.390. The highest BCUT2D eigenvalue weighted by molar-refractivity contribution is 7.92. The number of cyclic esters (lactones) is 1. The van der Waals surface area contributed by atoms with E-state index in [4.69, 9.17) is 4.74 Å². The van der Waals surface area contributed by atoms with Crippen LogP contribution in [0, 0.1) is 5.92 Å². The van der Waals surface area contributed by atoms with Crippen molar-refractivity contribution in [2.75, 3.05) is 11.4 Å². The lowest BCUT2D eigenvalue weighted by Gasteiger charge is -2.27. The molecule has 1 aliphatic carbocycles. The zero-order chi connectivity index (χ0) is 24.5. The molecule has 182 valence electrons. The van der Waals surface area contributed by atoms with Crippen LogP contribution >= 0.6 is 0 Å². The molecule has 1 aromatic carbocycles. The highest BCUT2D eigenvalue weighted by Gasteiger charge is 2.51. The van der Waals surface area contributed by atoms with Crippen molar-refractivity contribution in [2.45, 2.75) is 69.0 Å². The minimum Gasteiger partial charge on any atom is -0.507 e. The summed E-state index contributed by atoms with van der Waals surface area (Å²) in [6.07, 6.45) is 7.31. The largest absolute Gasteiger partial charge is 0.507 e. The van der Waals surface area contributed by atoms with E-state index in [0.717, 1.165) is 35.6 Å². The Bertz CT molecular complexity index is 1190. The molecule has 1 N–H and O–H groups in total. The number of hydrogen-bond donors (Lipinski definition) is 1. The van der Waals surface area contributed by atoms with Gasteiger partial charge in [-0.15, -0.1) is 0 Å². The molecule has 0 spiro atoms. The number of aliphatic hydroxyl groups excluding tert-OH is 1. The maximum Gasteiger partial charge on any atom is 0.339 e. The maximum atomic E-state index is 13.1. The van der Waals surface area contributed by atoms with Gasteiger partial charge in [0, 0.05) is 25.4 Å². The van der Waals surface area contributed by atoms with E-state index in [-0.39, 0.29) is 22.8 Å². The molecule has 1 unspecified atom stereocenters. The van der Waals surface area contributed by atoms with E-state index in [1.54, 1.807) is 24.3 Å². The Labute approximate surface area is 200 Å². The minimum atomic E-state index is -3.95. The van der Waals surface area contributed by atoms with Crippen LogP contribution in [0.2, 0.25) is 0 Å². The number of anilines is 1. The summed E-state index contributed by atoms with van der Waals surface area (Å²) in [5.74, 6) is -0.590. The van der Waals surface area contributed by atoms with Crippen molar-refractivity contribution in [3.05, 3.63) is 59.6 Å². The molecule has 1 atom stereocenters. The number of esters is 1. The fourth-order valence-electron chi connectivity index (χ4n) is 4.87. The van der Waals surface area contributed by atoms with E-state index in [0.29, 0.717) is 24.1 Å². The average Bonchev–Trinajstić information content (AvgIpc) is 3.64.